The molecule has 37 heavy (non-hydrogen) atoms. The first-order valence-electron chi connectivity index (χ1n) is 11.8. The minimum Gasteiger partial charge on any atom is -0.508 e. The number of hydrogen-bond acceptors (Lipinski definition) is 7. The number of aromatic nitrogens is 6. The number of nitrogen functional groups attached to an aromatic ring is 1. The van der Waals surface area contributed by atoms with Crippen LogP contribution in [-0.4, -0.2) is 34.2 Å². The van der Waals surface area contributed by atoms with Crippen molar-refractivity contribution in [3.63, 3.8) is 0 Å². The molecule has 6 aromatic rings. The second kappa shape index (κ2) is 8.52. The van der Waals surface area contributed by atoms with E-state index in [1.165, 1.54) is 12.4 Å². The highest BCUT2D eigenvalue weighted by atomic mass is 16.3. The predicted molar refractivity (Wildman–Crippen MR) is 143 cm³/mol. The van der Waals surface area contributed by atoms with Crippen LogP contribution in [0.4, 0.5) is 11.5 Å². The normalized spacial score (nSPS) is 12.3. The molecule has 5 N–H and O–H groups in total. The Hall–Kier alpha value is -5.12. The summed E-state index contributed by atoms with van der Waals surface area (Å²) in [6.45, 7) is 3.82. The molecule has 10 heteroatoms. The fourth-order valence-electron chi connectivity index (χ4n) is 4.70. The fourth-order valence-corrected chi connectivity index (χ4v) is 4.70. The lowest BCUT2D eigenvalue weighted by Gasteiger charge is -2.20. The van der Waals surface area contributed by atoms with Gasteiger partial charge < -0.3 is 21.1 Å². The van der Waals surface area contributed by atoms with Crippen LogP contribution in [0.15, 0.2) is 78.1 Å². The van der Waals surface area contributed by atoms with Crippen LogP contribution in [0.3, 0.4) is 0 Å². The number of phenolic OH excluding ortho intramolecular Hbond substituents is 1. The van der Waals surface area contributed by atoms with Crippen molar-refractivity contribution >= 4 is 28.1 Å². The van der Waals surface area contributed by atoms with Crippen molar-refractivity contribution in [2.24, 2.45) is 0 Å². The third-order valence-corrected chi connectivity index (χ3v) is 6.39. The first-order chi connectivity index (χ1) is 17.9. The molecular weight excluding hydrogens is 468 g/mol. The minimum atomic E-state index is -0.421. The maximum Gasteiger partial charge on any atom is 0.282 e. The van der Waals surface area contributed by atoms with E-state index in [9.17, 15) is 9.90 Å². The van der Waals surface area contributed by atoms with Crippen molar-refractivity contribution in [2.75, 3.05) is 11.1 Å². The van der Waals surface area contributed by atoms with Crippen molar-refractivity contribution in [3.05, 3.63) is 95.1 Å². The van der Waals surface area contributed by atoms with E-state index in [1.54, 1.807) is 33.6 Å². The molecule has 0 spiro atoms. The molecule has 4 heterocycles. The summed E-state index contributed by atoms with van der Waals surface area (Å²) in [5.41, 5.74) is 10.5. The molecule has 0 aliphatic heterocycles. The lowest BCUT2D eigenvalue weighted by molar-refractivity contribution is 0.476. The Morgan fingerprint density at radius 2 is 1.92 bits per heavy atom. The molecule has 0 aliphatic carbocycles. The predicted octanol–water partition coefficient (Wildman–Crippen LogP) is 4.19. The summed E-state index contributed by atoms with van der Waals surface area (Å²) < 4.78 is 3.25. The maximum absolute atomic E-state index is 13.7. The molecule has 0 unspecified atom stereocenters. The van der Waals surface area contributed by atoms with Crippen LogP contribution < -0.4 is 16.6 Å². The lowest BCUT2D eigenvalue weighted by Crippen LogP contribution is -2.29. The summed E-state index contributed by atoms with van der Waals surface area (Å²) in [6, 6.07) is 15.8. The van der Waals surface area contributed by atoms with E-state index in [0.717, 1.165) is 27.8 Å². The molecule has 0 saturated heterocycles. The van der Waals surface area contributed by atoms with Crippen LogP contribution in [0.5, 0.6) is 5.75 Å². The Labute approximate surface area is 211 Å². The molecule has 184 valence electrons. The fraction of sp³-hybridized carbons (Fsp3) is 0.111. The van der Waals surface area contributed by atoms with E-state index in [2.05, 4.69) is 20.3 Å². The first-order valence-corrected chi connectivity index (χ1v) is 11.8. The highest BCUT2D eigenvalue weighted by Gasteiger charge is 2.22. The number of anilines is 2. The highest BCUT2D eigenvalue weighted by molar-refractivity contribution is 6.01. The zero-order valence-electron chi connectivity index (χ0n) is 20.2. The first kappa shape index (κ1) is 22.4. The Kier molecular flexibility index (Phi) is 5.15. The second-order valence-corrected chi connectivity index (χ2v) is 8.95. The molecule has 1 atom stereocenters. The molecule has 0 amide bonds. The van der Waals surface area contributed by atoms with Crippen LogP contribution in [0.2, 0.25) is 0 Å². The van der Waals surface area contributed by atoms with Gasteiger partial charge in [0.1, 0.15) is 29.1 Å². The van der Waals surface area contributed by atoms with E-state index >= 15 is 0 Å². The van der Waals surface area contributed by atoms with Crippen LogP contribution in [0.1, 0.15) is 24.4 Å². The van der Waals surface area contributed by atoms with Gasteiger partial charge in [-0.05, 0) is 55.3 Å². The smallest absolute Gasteiger partial charge is 0.282 e. The van der Waals surface area contributed by atoms with Gasteiger partial charge in [-0.3, -0.25) is 9.36 Å². The molecule has 0 bridgehead atoms. The SMILES string of the molecule is Cc1ccn2nc([C@H](C)Nc3ncnc4[nH]cc(-c5cc(N)cc(O)c5)c34)n(-c3ccccc3)c(=O)c12. The van der Waals surface area contributed by atoms with E-state index in [0.29, 0.717) is 28.5 Å². The van der Waals surface area contributed by atoms with Gasteiger partial charge in [0.25, 0.3) is 5.56 Å². The molecule has 4 aromatic heterocycles. The number of H-pyrrole nitrogens is 1. The van der Waals surface area contributed by atoms with E-state index in [-0.39, 0.29) is 11.3 Å². The van der Waals surface area contributed by atoms with Crippen molar-refractivity contribution < 1.29 is 5.11 Å². The minimum absolute atomic E-state index is 0.0653. The van der Waals surface area contributed by atoms with E-state index < -0.39 is 6.04 Å². The van der Waals surface area contributed by atoms with Crippen LogP contribution in [0, 0.1) is 6.92 Å². The van der Waals surface area contributed by atoms with Gasteiger partial charge in [0.15, 0.2) is 5.82 Å². The Bertz CT molecular complexity index is 1810. The monoisotopic (exact) mass is 492 g/mol. The number of rotatable bonds is 5. The van der Waals surface area contributed by atoms with Crippen LogP contribution >= 0.6 is 0 Å². The zero-order chi connectivity index (χ0) is 25.7. The summed E-state index contributed by atoms with van der Waals surface area (Å²) >= 11 is 0. The summed E-state index contributed by atoms with van der Waals surface area (Å²) in [5.74, 6) is 1.13. The summed E-state index contributed by atoms with van der Waals surface area (Å²) in [7, 11) is 0. The van der Waals surface area contributed by atoms with Gasteiger partial charge in [-0.15, -0.1) is 0 Å². The van der Waals surface area contributed by atoms with Gasteiger partial charge in [0, 0.05) is 29.7 Å². The van der Waals surface area contributed by atoms with Crippen molar-refractivity contribution in [1.82, 2.24) is 29.1 Å². The number of aromatic amines is 1. The second-order valence-electron chi connectivity index (χ2n) is 8.95. The number of benzene rings is 2. The number of nitrogens with two attached hydrogens (primary N) is 1. The lowest BCUT2D eigenvalue weighted by atomic mass is 10.0. The standard InChI is InChI=1S/C27H24N8O2/c1-15-8-9-34-23(15)27(37)35(19-6-4-3-5-7-19)26(33-34)16(2)32-25-22-21(13-29-24(22)30-14-31-25)17-10-18(28)12-20(36)11-17/h3-14,16,36H,28H2,1-2H3,(H2,29,30,31,32)/t16-/m0/s1. The average Bonchev–Trinajstić information content (AvgIpc) is 3.48. The molecule has 0 aliphatic rings. The Morgan fingerprint density at radius 1 is 1.11 bits per heavy atom. The molecule has 0 fully saturated rings. The summed E-state index contributed by atoms with van der Waals surface area (Å²) in [5, 5.41) is 19.1. The van der Waals surface area contributed by atoms with Gasteiger partial charge in [-0.2, -0.15) is 5.10 Å². The van der Waals surface area contributed by atoms with Crippen LogP contribution in [-0.2, 0) is 0 Å². The Morgan fingerprint density at radius 3 is 2.70 bits per heavy atom. The average molecular weight is 493 g/mol. The summed E-state index contributed by atoms with van der Waals surface area (Å²) in [4.78, 5) is 25.7. The zero-order valence-corrected chi connectivity index (χ0v) is 20.2. The number of aryl methyl sites for hydroxylation is 1. The van der Waals surface area contributed by atoms with Gasteiger partial charge in [0.05, 0.1) is 17.1 Å². The van der Waals surface area contributed by atoms with Crippen LogP contribution in [0.25, 0.3) is 33.4 Å². The van der Waals surface area contributed by atoms with Gasteiger partial charge in [-0.25, -0.2) is 14.5 Å². The molecule has 6 rings (SSSR count). The molecule has 0 saturated carbocycles. The number of phenols is 1. The third-order valence-electron chi connectivity index (χ3n) is 6.39. The quantitative estimate of drug-likeness (QED) is 0.265. The molecule has 0 radical (unpaired) electrons. The number of hydrogen-bond donors (Lipinski definition) is 4. The van der Waals surface area contributed by atoms with Crippen molar-refractivity contribution in [2.45, 2.75) is 19.9 Å². The number of fused-ring (bicyclic) bond motifs is 2. The number of para-hydroxylation sites is 1. The summed E-state index contributed by atoms with van der Waals surface area (Å²) in [6.07, 6.45) is 5.05. The Balaban J connectivity index is 1.50. The molecule has 2 aromatic carbocycles. The van der Waals surface area contributed by atoms with E-state index in [4.69, 9.17) is 10.8 Å². The number of aromatic hydroxyl groups is 1. The molecular formula is C27H24N8O2. The molecule has 10 nitrogen and oxygen atoms in total. The van der Waals surface area contributed by atoms with Crippen molar-refractivity contribution in [3.8, 4) is 22.6 Å². The van der Waals surface area contributed by atoms with Crippen molar-refractivity contribution in [1.29, 1.82) is 0 Å². The number of nitrogens with one attached hydrogen (secondary N) is 2. The number of nitrogens with zero attached hydrogens (tertiary/aromatic N) is 5. The maximum atomic E-state index is 13.7. The topological polar surface area (TPSA) is 139 Å². The largest absolute Gasteiger partial charge is 0.508 e. The third kappa shape index (κ3) is 3.75. The van der Waals surface area contributed by atoms with Gasteiger partial charge in [-0.1, -0.05) is 18.2 Å². The van der Waals surface area contributed by atoms with E-state index in [1.807, 2.05) is 50.2 Å². The van der Waals surface area contributed by atoms with Gasteiger partial charge >= 0.3 is 0 Å². The highest BCUT2D eigenvalue weighted by Crippen LogP contribution is 2.35. The van der Waals surface area contributed by atoms with Gasteiger partial charge in [0.2, 0.25) is 0 Å².